The van der Waals surface area contributed by atoms with Crippen LogP contribution in [0, 0.1) is 0 Å². The van der Waals surface area contributed by atoms with Gasteiger partial charge in [0.25, 0.3) is 0 Å². The van der Waals surface area contributed by atoms with Crippen molar-refractivity contribution in [3.63, 3.8) is 0 Å². The molecule has 0 saturated carbocycles. The van der Waals surface area contributed by atoms with Gasteiger partial charge < -0.3 is 38.0 Å². The van der Waals surface area contributed by atoms with Gasteiger partial charge in [-0.15, -0.1) is 0 Å². The summed E-state index contributed by atoms with van der Waals surface area (Å²) in [6.07, 6.45) is -17.7. The summed E-state index contributed by atoms with van der Waals surface area (Å²) in [6.45, 7) is 7.51. The van der Waals surface area contributed by atoms with Crippen LogP contribution < -0.4 is 0 Å². The summed E-state index contributed by atoms with van der Waals surface area (Å²) in [7, 11) is 3.24. The Morgan fingerprint density at radius 1 is 0.548 bits per heavy atom. The number of aromatic carboxylic acids is 1. The number of fused-ring (bicyclic) bond motifs is 2. The summed E-state index contributed by atoms with van der Waals surface area (Å²) in [5.74, 6) is -4.80. The van der Waals surface area contributed by atoms with Gasteiger partial charge in [-0.3, -0.25) is 24.5 Å². The van der Waals surface area contributed by atoms with Crippen LogP contribution in [-0.4, -0.2) is 91.4 Å². The molecule has 84 heavy (non-hydrogen) atoms. The molecule has 17 nitrogen and oxygen atoms in total. The van der Waals surface area contributed by atoms with Gasteiger partial charge in [0.05, 0.1) is 93.8 Å². The number of rotatable bonds is 10. The summed E-state index contributed by atoms with van der Waals surface area (Å²) >= 11 is 0. The van der Waals surface area contributed by atoms with Gasteiger partial charge in [0.1, 0.15) is 11.8 Å². The first-order valence-electron chi connectivity index (χ1n) is 22.4. The molecule has 0 aliphatic rings. The third-order valence-electron chi connectivity index (χ3n) is 10.4. The second kappa shape index (κ2) is 28.4. The molecular weight excluding hydrogens is 1170 g/mol. The van der Waals surface area contributed by atoms with Crippen LogP contribution in [0.15, 0.2) is 140 Å². The van der Waals surface area contributed by atoms with E-state index in [1.807, 2.05) is 0 Å². The molecule has 0 spiro atoms. The number of carboxylic acids is 1. The molecule has 0 aromatic carbocycles. The van der Waals surface area contributed by atoms with E-state index in [1.54, 1.807) is 0 Å². The number of aliphatic hydroxyl groups is 1. The van der Waals surface area contributed by atoms with Crippen molar-refractivity contribution < 1.29 is 124 Å². The Balaban J connectivity index is 0.000000278. The molecule has 7 heterocycles. The van der Waals surface area contributed by atoms with E-state index in [-0.39, 0.29) is 28.4 Å². The van der Waals surface area contributed by atoms with Crippen LogP contribution in [0.1, 0.15) is 89.5 Å². The van der Waals surface area contributed by atoms with E-state index in [9.17, 15) is 99.7 Å². The summed E-state index contributed by atoms with van der Waals surface area (Å²) in [6, 6.07) is 12.2. The minimum Gasteiger partial charge on any atom is -0.478 e. The molecule has 0 aliphatic carbocycles. The minimum absolute atomic E-state index is 0.0691. The standard InChI is InChI=1S/C13H12F3NO4.C11H10F3NO3.C11H8F3NO2.C10H6F3NO2.C7H4F3NO/c1-7(12(19)20-3)11(21-8(2)18)10-9(13(14,15)16)5-4-6-17-10;1-6(10(17)18-2)9(16)8-7(11(12,13)14)4-3-5-15-8;1-17-10(16)7-5-9-8(11(12,13)14)3-2-4-15(9)6-7;11-10(12,13)7-2-1-3-14-5-6(9(15)16)4-8(7)14;8-7(9,10)5-2-1-3-11-6(5)4-12/h4-6,11H,1H2,2-3H3;3-5,9,16H,1H2,2H3;2-6H,1H3;1-5H,(H,15,16);1-4H. The topological polar surface area (TPSA) is 227 Å². The second-order valence-corrected chi connectivity index (χ2v) is 16.0. The first-order chi connectivity index (χ1) is 38.8. The molecule has 2 N–H and O–H groups in total. The van der Waals surface area contributed by atoms with Crippen LogP contribution in [0.3, 0.4) is 0 Å². The zero-order valence-corrected chi connectivity index (χ0v) is 43.0. The Labute approximate surface area is 461 Å². The second-order valence-electron chi connectivity index (χ2n) is 16.0. The van der Waals surface area contributed by atoms with Crippen molar-refractivity contribution in [2.24, 2.45) is 0 Å². The third kappa shape index (κ3) is 18.4. The highest BCUT2D eigenvalue weighted by Crippen LogP contribution is 2.39. The molecule has 0 aliphatic heterocycles. The molecule has 32 heteroatoms. The predicted molar refractivity (Wildman–Crippen MR) is 258 cm³/mol. The number of halogens is 15. The van der Waals surface area contributed by atoms with Gasteiger partial charge in [-0.05, 0) is 72.8 Å². The number of aldehydes is 1. The molecule has 2 atom stereocenters. The Hall–Kier alpha value is -9.62. The van der Waals surface area contributed by atoms with E-state index in [1.165, 1.54) is 42.2 Å². The molecule has 0 radical (unpaired) electrons. The van der Waals surface area contributed by atoms with Crippen molar-refractivity contribution >= 4 is 47.2 Å². The number of esters is 4. The lowest BCUT2D eigenvalue weighted by Crippen LogP contribution is -2.22. The number of ether oxygens (including phenoxy) is 4. The molecule has 0 fully saturated rings. The molecule has 450 valence electrons. The van der Waals surface area contributed by atoms with E-state index in [4.69, 9.17) is 9.84 Å². The SMILES string of the molecule is C=C(C(=O)OC)C(O)c1ncccc1C(F)(F)F.C=C(C(=O)OC)C(OC(C)=O)c1ncccc1C(F)(F)F.COC(=O)c1cc2c(C(F)(F)F)cccn2c1.O=C(O)c1cc2c(C(F)(F)F)cccn2c1.O=Cc1ncccc1C(F)(F)F. The molecule has 7 rings (SSSR count). The van der Waals surface area contributed by atoms with Gasteiger partial charge in [-0.1, -0.05) is 13.2 Å². The monoisotopic (exact) mass is 1210 g/mol. The highest BCUT2D eigenvalue weighted by molar-refractivity contribution is 5.92. The fourth-order valence-corrected chi connectivity index (χ4v) is 6.69. The summed E-state index contributed by atoms with van der Waals surface area (Å²) < 4.78 is 209. The normalized spacial score (nSPS) is 12.1. The van der Waals surface area contributed by atoms with Gasteiger partial charge in [0.2, 0.25) is 0 Å². The number of carboxylic acid groups (broad SMARTS) is 1. The lowest BCUT2D eigenvalue weighted by Gasteiger charge is -2.21. The molecule has 2 unspecified atom stereocenters. The highest BCUT2D eigenvalue weighted by Gasteiger charge is 2.40. The maximum Gasteiger partial charge on any atom is 0.418 e. The summed E-state index contributed by atoms with van der Waals surface area (Å²) in [5, 5.41) is 18.4. The number of pyridine rings is 5. The van der Waals surface area contributed by atoms with Gasteiger partial charge in [0, 0.05) is 50.3 Å². The van der Waals surface area contributed by atoms with Crippen molar-refractivity contribution in [3.05, 3.63) is 197 Å². The van der Waals surface area contributed by atoms with E-state index in [0.29, 0.717) is 0 Å². The van der Waals surface area contributed by atoms with Crippen LogP contribution in [0.2, 0.25) is 0 Å². The fraction of sp³-hybridized carbons (Fsp3) is 0.212. The fourth-order valence-electron chi connectivity index (χ4n) is 6.69. The number of methoxy groups -OCH3 is 3. The number of aliphatic hydroxyl groups excluding tert-OH is 1. The van der Waals surface area contributed by atoms with Crippen molar-refractivity contribution in [3.8, 4) is 0 Å². The number of nitrogens with zero attached hydrogens (tertiary/aromatic N) is 5. The van der Waals surface area contributed by atoms with E-state index >= 15 is 0 Å². The Bertz CT molecular complexity index is 3510. The van der Waals surface area contributed by atoms with Crippen LogP contribution >= 0.6 is 0 Å². The van der Waals surface area contributed by atoms with Gasteiger partial charge in [-0.2, -0.15) is 65.9 Å². The predicted octanol–water partition coefficient (Wildman–Crippen LogP) is 11.6. The highest BCUT2D eigenvalue weighted by atomic mass is 19.4. The van der Waals surface area contributed by atoms with Gasteiger partial charge in [-0.25, -0.2) is 19.2 Å². The van der Waals surface area contributed by atoms with Crippen molar-refractivity contribution in [2.75, 3.05) is 21.3 Å². The number of carbonyl (C=O) groups excluding carboxylic acids is 5. The van der Waals surface area contributed by atoms with Crippen molar-refractivity contribution in [1.82, 2.24) is 23.8 Å². The maximum absolute atomic E-state index is 13.0. The van der Waals surface area contributed by atoms with E-state index < -0.39 is 129 Å². The first-order valence-corrected chi connectivity index (χ1v) is 22.4. The van der Waals surface area contributed by atoms with Crippen LogP contribution in [-0.2, 0) is 64.2 Å². The van der Waals surface area contributed by atoms with Crippen molar-refractivity contribution in [2.45, 2.75) is 50.0 Å². The Morgan fingerprint density at radius 3 is 1.32 bits per heavy atom. The number of hydrogen-bond acceptors (Lipinski definition) is 14. The number of carbonyl (C=O) groups is 6. The van der Waals surface area contributed by atoms with Crippen molar-refractivity contribution in [1.29, 1.82) is 0 Å². The van der Waals surface area contributed by atoms with Gasteiger partial charge >= 0.3 is 60.7 Å². The first kappa shape index (κ1) is 68.7. The summed E-state index contributed by atoms with van der Waals surface area (Å²) in [5.41, 5.74) is -8.05. The largest absolute Gasteiger partial charge is 0.478 e. The number of alkyl halides is 15. The third-order valence-corrected chi connectivity index (χ3v) is 10.4. The maximum atomic E-state index is 13.0. The smallest absolute Gasteiger partial charge is 0.418 e. The quantitative estimate of drug-likeness (QED) is 0.0427. The average molecular weight is 1210 g/mol. The lowest BCUT2D eigenvalue weighted by atomic mass is 10.0. The number of aromatic nitrogens is 5. The van der Waals surface area contributed by atoms with E-state index in [2.05, 4.69) is 42.3 Å². The molecule has 7 aromatic rings. The summed E-state index contributed by atoms with van der Waals surface area (Å²) in [4.78, 5) is 75.9. The molecule has 0 saturated heterocycles. The number of hydrogen-bond donors (Lipinski definition) is 2. The molecular formula is C52H40F15N5O12. The molecule has 0 bridgehead atoms. The Morgan fingerprint density at radius 2 is 0.929 bits per heavy atom. The zero-order chi connectivity index (χ0) is 63.9. The molecule has 0 amide bonds. The lowest BCUT2D eigenvalue weighted by molar-refractivity contribution is -0.151. The Kier molecular flexibility index (Phi) is 23.2. The van der Waals surface area contributed by atoms with E-state index in [0.717, 1.165) is 111 Å². The van der Waals surface area contributed by atoms with Crippen LogP contribution in [0.5, 0.6) is 0 Å². The zero-order valence-electron chi connectivity index (χ0n) is 43.0. The van der Waals surface area contributed by atoms with Crippen LogP contribution in [0.4, 0.5) is 65.9 Å². The minimum atomic E-state index is -4.72. The molecule has 7 aromatic heterocycles. The van der Waals surface area contributed by atoms with Gasteiger partial charge in [0.15, 0.2) is 12.4 Å². The van der Waals surface area contributed by atoms with Crippen LogP contribution in [0.25, 0.3) is 11.0 Å². The average Bonchev–Trinajstić information content (AvgIpc) is 3.80.